The van der Waals surface area contributed by atoms with Gasteiger partial charge in [-0.3, -0.25) is 9.59 Å². The van der Waals surface area contributed by atoms with E-state index in [0.717, 1.165) is 6.42 Å². The van der Waals surface area contributed by atoms with Gasteiger partial charge >= 0.3 is 0 Å². The Morgan fingerprint density at radius 2 is 2.10 bits per heavy atom. The first-order valence-corrected chi connectivity index (χ1v) is 7.41. The Kier molecular flexibility index (Phi) is 7.09. The lowest BCUT2D eigenvalue weighted by molar-refractivity contribution is -0.129. The Labute approximate surface area is 126 Å². The minimum Gasteiger partial charge on any atom is -0.392 e. The third-order valence-electron chi connectivity index (χ3n) is 3.48. The van der Waals surface area contributed by atoms with E-state index in [4.69, 9.17) is 0 Å². The monoisotopic (exact) mass is 291 g/mol. The number of hydrogen-bond donors (Lipinski definition) is 1. The first-order valence-electron chi connectivity index (χ1n) is 7.41. The van der Waals surface area contributed by atoms with Crippen LogP contribution in [-0.4, -0.2) is 41.9 Å². The van der Waals surface area contributed by atoms with Gasteiger partial charge in [0.25, 0.3) is 0 Å². The van der Waals surface area contributed by atoms with Gasteiger partial charge in [0.05, 0.1) is 6.10 Å². The summed E-state index contributed by atoms with van der Waals surface area (Å²) in [6.45, 7) is 2.04. The molecule has 2 atom stereocenters. The maximum atomic E-state index is 11.8. The molecule has 0 bridgehead atoms. The van der Waals surface area contributed by atoms with Crippen LogP contribution in [-0.2, 0) is 9.59 Å². The van der Waals surface area contributed by atoms with Crippen molar-refractivity contribution in [3.8, 4) is 0 Å². The molecule has 1 aliphatic rings. The fourth-order valence-electron chi connectivity index (χ4n) is 2.17. The lowest BCUT2D eigenvalue weighted by Gasteiger charge is -2.15. The van der Waals surface area contributed by atoms with E-state index in [1.807, 2.05) is 19.1 Å². The first-order chi connectivity index (χ1) is 9.95. The van der Waals surface area contributed by atoms with Crippen molar-refractivity contribution in [2.75, 3.05) is 14.1 Å². The van der Waals surface area contributed by atoms with E-state index in [-0.39, 0.29) is 17.6 Å². The van der Waals surface area contributed by atoms with Gasteiger partial charge < -0.3 is 10.0 Å². The van der Waals surface area contributed by atoms with Gasteiger partial charge in [-0.1, -0.05) is 31.2 Å². The molecule has 0 aromatic heterocycles. The van der Waals surface area contributed by atoms with Crippen LogP contribution in [0.25, 0.3) is 0 Å². The van der Waals surface area contributed by atoms with Gasteiger partial charge in [0.1, 0.15) is 0 Å². The SMILES string of the molecule is CC/C=C\CC(O)C/C=C1/C(=O)C=CC1CC(=O)N(C)C. The fourth-order valence-corrected chi connectivity index (χ4v) is 2.17. The second-order valence-corrected chi connectivity index (χ2v) is 5.49. The summed E-state index contributed by atoms with van der Waals surface area (Å²) < 4.78 is 0. The summed E-state index contributed by atoms with van der Waals surface area (Å²) in [4.78, 5) is 25.1. The van der Waals surface area contributed by atoms with Crippen LogP contribution in [0.15, 0.2) is 36.0 Å². The predicted octanol–water partition coefficient (Wildman–Crippen LogP) is 2.25. The molecule has 2 unspecified atom stereocenters. The molecule has 21 heavy (non-hydrogen) atoms. The Bertz CT molecular complexity index is 461. The summed E-state index contributed by atoms with van der Waals surface area (Å²) in [7, 11) is 3.41. The van der Waals surface area contributed by atoms with E-state index in [1.165, 1.54) is 11.0 Å². The molecular formula is C17H25NO3. The zero-order chi connectivity index (χ0) is 15.8. The minimum atomic E-state index is -0.487. The molecule has 0 aliphatic heterocycles. The molecule has 4 heteroatoms. The maximum Gasteiger partial charge on any atom is 0.222 e. The summed E-state index contributed by atoms with van der Waals surface area (Å²) in [5.41, 5.74) is 0.628. The van der Waals surface area contributed by atoms with Crippen LogP contribution in [0.3, 0.4) is 0 Å². The van der Waals surface area contributed by atoms with Crippen molar-refractivity contribution < 1.29 is 14.7 Å². The molecule has 116 valence electrons. The summed E-state index contributed by atoms with van der Waals surface area (Å²) in [5, 5.41) is 9.88. The lowest BCUT2D eigenvalue weighted by atomic mass is 9.96. The van der Waals surface area contributed by atoms with E-state index < -0.39 is 6.10 Å². The van der Waals surface area contributed by atoms with Crippen LogP contribution in [0.5, 0.6) is 0 Å². The van der Waals surface area contributed by atoms with Crippen molar-refractivity contribution in [1.29, 1.82) is 0 Å². The third-order valence-corrected chi connectivity index (χ3v) is 3.48. The van der Waals surface area contributed by atoms with Crippen molar-refractivity contribution in [3.05, 3.63) is 36.0 Å². The number of amides is 1. The first kappa shape index (κ1) is 17.4. The molecule has 1 N–H and O–H groups in total. The van der Waals surface area contributed by atoms with Crippen LogP contribution in [0.1, 0.15) is 32.6 Å². The van der Waals surface area contributed by atoms with Crippen LogP contribution in [0.2, 0.25) is 0 Å². The summed E-state index contributed by atoms with van der Waals surface area (Å²) >= 11 is 0. The standard InChI is InChI=1S/C17H25NO3/c1-4-5-6-7-14(19)9-10-15-13(8-11-16(15)20)12-17(21)18(2)3/h5-6,8,10-11,13-14,19H,4,7,9,12H2,1-3H3/b6-5-,15-10+. The molecule has 1 amide bonds. The molecule has 0 radical (unpaired) electrons. The quantitative estimate of drug-likeness (QED) is 0.578. The van der Waals surface area contributed by atoms with Gasteiger partial charge in [0, 0.05) is 32.0 Å². The van der Waals surface area contributed by atoms with E-state index in [2.05, 4.69) is 0 Å². The van der Waals surface area contributed by atoms with Crippen LogP contribution in [0.4, 0.5) is 0 Å². The smallest absolute Gasteiger partial charge is 0.222 e. The molecule has 0 heterocycles. The van der Waals surface area contributed by atoms with E-state index in [0.29, 0.717) is 24.8 Å². The largest absolute Gasteiger partial charge is 0.392 e. The van der Waals surface area contributed by atoms with Crippen molar-refractivity contribution in [3.63, 3.8) is 0 Å². The average molecular weight is 291 g/mol. The van der Waals surface area contributed by atoms with Crippen molar-refractivity contribution in [2.45, 2.75) is 38.7 Å². The number of ketones is 1. The van der Waals surface area contributed by atoms with Crippen LogP contribution >= 0.6 is 0 Å². The Balaban J connectivity index is 2.61. The maximum absolute atomic E-state index is 11.8. The highest BCUT2D eigenvalue weighted by atomic mass is 16.3. The molecule has 0 aromatic rings. The highest BCUT2D eigenvalue weighted by Gasteiger charge is 2.25. The number of rotatable bonds is 7. The molecule has 0 spiro atoms. The Morgan fingerprint density at radius 3 is 2.71 bits per heavy atom. The number of carbonyl (C=O) groups excluding carboxylic acids is 2. The van der Waals surface area contributed by atoms with Gasteiger partial charge in [0.2, 0.25) is 5.91 Å². The predicted molar refractivity (Wildman–Crippen MR) is 83.7 cm³/mol. The number of allylic oxidation sites excluding steroid dienone is 4. The molecular weight excluding hydrogens is 266 g/mol. The topological polar surface area (TPSA) is 57.6 Å². The van der Waals surface area contributed by atoms with Gasteiger partial charge in [-0.15, -0.1) is 0 Å². The van der Waals surface area contributed by atoms with Gasteiger partial charge in [-0.25, -0.2) is 0 Å². The van der Waals surface area contributed by atoms with Crippen molar-refractivity contribution >= 4 is 11.7 Å². The second kappa shape index (κ2) is 8.57. The normalized spacial score (nSPS) is 21.4. The number of carbonyl (C=O) groups is 2. The van der Waals surface area contributed by atoms with Crippen molar-refractivity contribution in [2.24, 2.45) is 5.92 Å². The Hall–Kier alpha value is -1.68. The molecule has 0 fully saturated rings. The second-order valence-electron chi connectivity index (χ2n) is 5.49. The zero-order valence-corrected chi connectivity index (χ0v) is 13.1. The van der Waals surface area contributed by atoms with Crippen molar-refractivity contribution in [1.82, 2.24) is 4.90 Å². The van der Waals surface area contributed by atoms with Gasteiger partial charge in [-0.05, 0) is 25.3 Å². The number of nitrogens with zero attached hydrogens (tertiary/aromatic N) is 1. The molecule has 1 rings (SSSR count). The molecule has 0 saturated carbocycles. The summed E-state index contributed by atoms with van der Waals surface area (Å²) in [5.74, 6) is -0.217. The number of aliphatic hydroxyl groups excluding tert-OH is 1. The highest BCUT2D eigenvalue weighted by Crippen LogP contribution is 2.26. The minimum absolute atomic E-state index is 0.00308. The number of aliphatic hydroxyl groups is 1. The van der Waals surface area contributed by atoms with Gasteiger partial charge in [-0.2, -0.15) is 0 Å². The summed E-state index contributed by atoms with van der Waals surface area (Å²) in [6.07, 6.45) is 10.8. The van der Waals surface area contributed by atoms with Crippen LogP contribution < -0.4 is 0 Å². The van der Waals surface area contributed by atoms with E-state index in [9.17, 15) is 14.7 Å². The fraction of sp³-hybridized carbons (Fsp3) is 0.529. The zero-order valence-electron chi connectivity index (χ0n) is 13.1. The van der Waals surface area contributed by atoms with Crippen LogP contribution in [0, 0.1) is 5.92 Å². The molecule has 0 aromatic carbocycles. The van der Waals surface area contributed by atoms with Gasteiger partial charge in [0.15, 0.2) is 5.78 Å². The molecule has 1 aliphatic carbocycles. The third kappa shape index (κ3) is 5.68. The molecule has 0 saturated heterocycles. The lowest BCUT2D eigenvalue weighted by Crippen LogP contribution is -2.24. The molecule has 4 nitrogen and oxygen atoms in total. The Morgan fingerprint density at radius 1 is 1.38 bits per heavy atom. The van der Waals surface area contributed by atoms with E-state index in [1.54, 1.807) is 26.2 Å². The average Bonchev–Trinajstić information content (AvgIpc) is 2.77. The highest BCUT2D eigenvalue weighted by molar-refractivity contribution is 6.07. The van der Waals surface area contributed by atoms with E-state index >= 15 is 0 Å². The number of hydrogen-bond acceptors (Lipinski definition) is 3. The summed E-state index contributed by atoms with van der Waals surface area (Å²) in [6, 6.07) is 0.